The second kappa shape index (κ2) is 6.34. The zero-order chi connectivity index (χ0) is 16.2. The van der Waals surface area contributed by atoms with Gasteiger partial charge in [0.05, 0.1) is 0 Å². The number of amides is 1. The molecule has 3 heterocycles. The predicted octanol–water partition coefficient (Wildman–Crippen LogP) is 1.18. The molecule has 1 aliphatic heterocycles. The van der Waals surface area contributed by atoms with Crippen molar-refractivity contribution in [3.63, 3.8) is 0 Å². The van der Waals surface area contributed by atoms with Crippen LogP contribution in [0.4, 0.5) is 16.6 Å². The van der Waals surface area contributed by atoms with Crippen LogP contribution < -0.4 is 16.0 Å². The zero-order valence-corrected chi connectivity index (χ0v) is 12.3. The Morgan fingerprint density at radius 1 is 1.48 bits per heavy atom. The first-order chi connectivity index (χ1) is 11.2. The molecule has 0 unspecified atom stereocenters. The van der Waals surface area contributed by atoms with Gasteiger partial charge < -0.3 is 14.2 Å². The maximum absolute atomic E-state index is 11.7. The van der Waals surface area contributed by atoms with E-state index >= 15 is 0 Å². The first kappa shape index (κ1) is 14.8. The van der Waals surface area contributed by atoms with E-state index in [0.29, 0.717) is 12.4 Å². The maximum Gasteiger partial charge on any atom is 0.460 e. The molecule has 1 amide bonds. The van der Waals surface area contributed by atoms with Crippen LogP contribution in [0.3, 0.4) is 0 Å². The van der Waals surface area contributed by atoms with E-state index in [1.165, 1.54) is 6.08 Å². The Morgan fingerprint density at radius 3 is 3.09 bits per heavy atom. The molecule has 1 N–H and O–H groups in total. The quantitative estimate of drug-likeness (QED) is 0.845. The van der Waals surface area contributed by atoms with Gasteiger partial charge in [-0.1, -0.05) is 24.8 Å². The van der Waals surface area contributed by atoms with Gasteiger partial charge in [-0.25, -0.2) is 9.59 Å². The monoisotopic (exact) mass is 317 g/mol. The molecule has 0 atom stereocenters. The van der Waals surface area contributed by atoms with Gasteiger partial charge in [-0.15, -0.1) is 4.57 Å². The second-order valence-electron chi connectivity index (χ2n) is 4.78. The van der Waals surface area contributed by atoms with Crippen LogP contribution in [0.1, 0.15) is 6.42 Å². The number of hydrogen-bond donors (Lipinski definition) is 1. The van der Waals surface area contributed by atoms with Gasteiger partial charge in [0.15, 0.2) is 5.65 Å². The minimum absolute atomic E-state index is 0.0238. The van der Waals surface area contributed by atoms with Crippen molar-refractivity contribution in [2.75, 3.05) is 29.9 Å². The van der Waals surface area contributed by atoms with Crippen LogP contribution in [0.25, 0.3) is 5.65 Å². The van der Waals surface area contributed by atoms with Crippen LogP contribution in [-0.2, 0) is 4.74 Å². The lowest BCUT2D eigenvalue weighted by Gasteiger charge is -2.24. The molecule has 3 rings (SSSR count). The Bertz CT molecular complexity index is 822. The van der Waals surface area contributed by atoms with Gasteiger partial charge in [0, 0.05) is 19.2 Å². The number of nitrogens with zero attached hydrogens (tertiary/aromatic N) is 4. The number of carbonyl (C=O) groups is 1. The van der Waals surface area contributed by atoms with Gasteiger partial charge in [-0.3, -0.25) is 5.32 Å². The highest BCUT2D eigenvalue weighted by atomic mass is 16.6. The Morgan fingerprint density at radius 2 is 2.35 bits per heavy atom. The number of ether oxygens (including phenoxy) is 1. The van der Waals surface area contributed by atoms with Crippen molar-refractivity contribution in [1.29, 1.82) is 0 Å². The van der Waals surface area contributed by atoms with E-state index in [0.717, 1.165) is 17.5 Å². The van der Waals surface area contributed by atoms with Gasteiger partial charge in [0.25, 0.3) is 5.95 Å². The molecule has 23 heavy (non-hydrogen) atoms. The van der Waals surface area contributed by atoms with E-state index in [2.05, 4.69) is 27.9 Å². The van der Waals surface area contributed by atoms with Crippen LogP contribution in [0.2, 0.25) is 0 Å². The molecule has 2 aromatic heterocycles. The number of anilines is 2. The summed E-state index contributed by atoms with van der Waals surface area (Å²) >= 11 is 0. The summed E-state index contributed by atoms with van der Waals surface area (Å²) < 4.78 is 10.8. The lowest BCUT2D eigenvalue weighted by atomic mass is 10.2. The predicted molar refractivity (Wildman–Crippen MR) is 82.7 cm³/mol. The number of nitrogens with one attached hydrogen (secondary N) is 1. The van der Waals surface area contributed by atoms with Crippen molar-refractivity contribution in [2.45, 2.75) is 6.42 Å². The average Bonchev–Trinajstić information content (AvgIpc) is 2.94. The third-order valence-electron chi connectivity index (χ3n) is 3.18. The van der Waals surface area contributed by atoms with Crippen LogP contribution >= 0.6 is 0 Å². The molecule has 1 aliphatic rings. The molecular formula is C14H15N5O4. The van der Waals surface area contributed by atoms with Gasteiger partial charge in [0.1, 0.15) is 12.4 Å². The molecule has 2 aromatic rings. The van der Waals surface area contributed by atoms with Crippen molar-refractivity contribution in [2.24, 2.45) is 0 Å². The van der Waals surface area contributed by atoms with Crippen molar-refractivity contribution in [3.8, 4) is 0 Å². The number of carbonyl (C=O) groups excluding carboxylic acids is 1. The van der Waals surface area contributed by atoms with Crippen molar-refractivity contribution in [1.82, 2.24) is 14.5 Å². The van der Waals surface area contributed by atoms with Gasteiger partial charge >= 0.3 is 11.8 Å². The largest absolute Gasteiger partial charge is 0.460 e. The Labute approximate surface area is 130 Å². The third-order valence-corrected chi connectivity index (χ3v) is 3.18. The number of rotatable bonds is 4. The number of fused-ring (bicyclic) bond motifs is 1. The molecule has 0 radical (unpaired) electrons. The summed E-state index contributed by atoms with van der Waals surface area (Å²) in [5.74, 6) is -0.164. The highest BCUT2D eigenvalue weighted by Crippen LogP contribution is 2.19. The molecule has 0 aromatic carbocycles. The van der Waals surface area contributed by atoms with E-state index in [9.17, 15) is 9.59 Å². The number of aromatic nitrogens is 3. The summed E-state index contributed by atoms with van der Waals surface area (Å²) in [6, 6.07) is 1.63. The normalized spacial score (nSPS) is 14.0. The highest BCUT2D eigenvalue weighted by Gasteiger charge is 2.17. The topological polar surface area (TPSA) is 102 Å². The molecule has 0 saturated carbocycles. The van der Waals surface area contributed by atoms with Crippen LogP contribution in [0, 0.1) is 0 Å². The van der Waals surface area contributed by atoms with Crippen molar-refractivity contribution in [3.05, 3.63) is 41.4 Å². The lowest BCUT2D eigenvalue weighted by Crippen LogP contribution is -2.28. The third kappa shape index (κ3) is 3.23. The number of hydrogen-bond acceptors (Lipinski definition) is 7. The van der Waals surface area contributed by atoms with E-state index in [-0.39, 0.29) is 18.2 Å². The highest BCUT2D eigenvalue weighted by molar-refractivity contribution is 5.83. The molecular weight excluding hydrogens is 302 g/mol. The molecule has 0 spiro atoms. The van der Waals surface area contributed by atoms with E-state index < -0.39 is 11.8 Å². The molecule has 120 valence electrons. The Balaban J connectivity index is 1.96. The smallest absolute Gasteiger partial charge is 0.445 e. The average molecular weight is 317 g/mol. The summed E-state index contributed by atoms with van der Waals surface area (Å²) in [5, 5.41) is 2.44. The fourth-order valence-electron chi connectivity index (χ4n) is 2.18. The Hall–Kier alpha value is -3.10. The zero-order valence-electron chi connectivity index (χ0n) is 12.3. The molecule has 0 aliphatic carbocycles. The fourth-order valence-corrected chi connectivity index (χ4v) is 2.18. The molecule has 9 heteroatoms. The lowest BCUT2D eigenvalue weighted by molar-refractivity contribution is 0.173. The maximum atomic E-state index is 11.7. The molecule has 0 saturated heterocycles. The van der Waals surface area contributed by atoms with E-state index in [1.807, 2.05) is 11.0 Å². The first-order valence-electron chi connectivity index (χ1n) is 7.03. The minimum atomic E-state index is -0.773. The summed E-state index contributed by atoms with van der Waals surface area (Å²) in [6.45, 7) is 4.98. The second-order valence-corrected chi connectivity index (χ2v) is 4.78. The van der Waals surface area contributed by atoms with Crippen molar-refractivity contribution >= 4 is 23.5 Å². The fraction of sp³-hybridized carbons (Fsp3) is 0.286. The van der Waals surface area contributed by atoms with Crippen LogP contribution in [0.5, 0.6) is 0 Å². The van der Waals surface area contributed by atoms with Gasteiger partial charge in [0.2, 0.25) is 0 Å². The molecule has 0 bridgehead atoms. The van der Waals surface area contributed by atoms with E-state index in [4.69, 9.17) is 9.26 Å². The molecule has 9 nitrogen and oxygen atoms in total. The van der Waals surface area contributed by atoms with Gasteiger partial charge in [-0.05, 0) is 6.42 Å². The van der Waals surface area contributed by atoms with Crippen molar-refractivity contribution < 1.29 is 14.1 Å². The summed E-state index contributed by atoms with van der Waals surface area (Å²) in [5.41, 5.74) is 0.258. The van der Waals surface area contributed by atoms with Gasteiger partial charge in [-0.2, -0.15) is 9.97 Å². The minimum Gasteiger partial charge on any atom is -0.445 e. The SMILES string of the molecule is C=CCOC(=O)Nc1nc(N2CC=CCC2)cc2nc(=O)on12. The molecule has 0 fully saturated rings. The summed E-state index contributed by atoms with van der Waals surface area (Å²) in [6.07, 6.45) is 5.71. The summed E-state index contributed by atoms with van der Waals surface area (Å²) in [4.78, 5) is 33.2. The summed E-state index contributed by atoms with van der Waals surface area (Å²) in [7, 11) is 0. The van der Waals surface area contributed by atoms with E-state index in [1.54, 1.807) is 6.07 Å². The Kier molecular flexibility index (Phi) is 4.09. The van der Waals surface area contributed by atoms with Crippen LogP contribution in [0.15, 0.2) is 40.2 Å². The van der Waals surface area contributed by atoms with Crippen LogP contribution in [-0.4, -0.2) is 40.3 Å². The standard InChI is InChI=1S/C14H15N5O4/c1-2-8-22-13(20)17-12-15-10(18-6-4-3-5-7-18)9-11-16-14(21)23-19(11)12/h2-4,9H,1,5-8H2,(H,15,17,20). The first-order valence-corrected chi connectivity index (χ1v) is 7.03.